The summed E-state index contributed by atoms with van der Waals surface area (Å²) in [6, 6.07) is 7.91. The van der Waals surface area contributed by atoms with Crippen LogP contribution in [-0.2, 0) is 9.59 Å². The highest BCUT2D eigenvalue weighted by Crippen LogP contribution is 2.22. The first-order valence-electron chi connectivity index (χ1n) is 7.40. The number of carbonyl (C=O) groups is 3. The molecule has 0 aliphatic carbocycles. The molecular formula is C15H21N5O3. The molecule has 1 atom stereocenters. The van der Waals surface area contributed by atoms with Gasteiger partial charge in [0.2, 0.25) is 11.8 Å². The lowest BCUT2D eigenvalue weighted by Crippen LogP contribution is -2.55. The summed E-state index contributed by atoms with van der Waals surface area (Å²) in [5.41, 5.74) is 11.2. The number of anilines is 1. The van der Waals surface area contributed by atoms with Gasteiger partial charge in [0.15, 0.2) is 6.04 Å². The number of amides is 4. The molecule has 124 valence electrons. The molecule has 8 nitrogen and oxygen atoms in total. The number of nitrogens with two attached hydrogens (primary N) is 2. The maximum absolute atomic E-state index is 11.7. The number of para-hydroxylation sites is 1. The third kappa shape index (κ3) is 4.60. The van der Waals surface area contributed by atoms with E-state index in [9.17, 15) is 14.4 Å². The van der Waals surface area contributed by atoms with E-state index in [1.54, 1.807) is 0 Å². The van der Waals surface area contributed by atoms with E-state index in [0.717, 1.165) is 25.2 Å². The van der Waals surface area contributed by atoms with Gasteiger partial charge < -0.3 is 27.0 Å². The van der Waals surface area contributed by atoms with E-state index in [0.29, 0.717) is 12.5 Å². The van der Waals surface area contributed by atoms with Crippen LogP contribution in [0.2, 0.25) is 0 Å². The Balaban J connectivity index is 1.77. The molecule has 0 radical (unpaired) electrons. The first-order valence-corrected chi connectivity index (χ1v) is 7.40. The zero-order chi connectivity index (χ0) is 16.8. The van der Waals surface area contributed by atoms with Crippen LogP contribution in [0.5, 0.6) is 0 Å². The Morgan fingerprint density at radius 3 is 2.43 bits per heavy atom. The first-order chi connectivity index (χ1) is 11.0. The normalized spacial score (nSPS) is 17.1. The monoisotopic (exact) mass is 319 g/mol. The zero-order valence-corrected chi connectivity index (χ0v) is 12.7. The number of nitrogens with zero attached hydrogens (tertiary/aromatic N) is 1. The van der Waals surface area contributed by atoms with Crippen molar-refractivity contribution in [3.8, 4) is 0 Å². The number of benzene rings is 1. The Labute approximate surface area is 134 Å². The van der Waals surface area contributed by atoms with Crippen molar-refractivity contribution in [2.24, 2.45) is 17.4 Å². The summed E-state index contributed by atoms with van der Waals surface area (Å²) in [5.74, 6) is -1.67. The van der Waals surface area contributed by atoms with Crippen LogP contribution in [0.15, 0.2) is 30.3 Å². The fourth-order valence-electron chi connectivity index (χ4n) is 2.57. The van der Waals surface area contributed by atoms with Gasteiger partial charge in [-0.1, -0.05) is 18.2 Å². The third-order valence-electron chi connectivity index (χ3n) is 3.80. The van der Waals surface area contributed by atoms with Gasteiger partial charge in [-0.05, 0) is 24.5 Å². The average molecular weight is 319 g/mol. The predicted octanol–water partition coefficient (Wildman–Crippen LogP) is -0.849. The van der Waals surface area contributed by atoms with Gasteiger partial charge in [0.25, 0.3) is 0 Å². The second kappa shape index (κ2) is 7.48. The topological polar surface area (TPSA) is 131 Å². The van der Waals surface area contributed by atoms with Crippen molar-refractivity contribution in [1.29, 1.82) is 0 Å². The maximum atomic E-state index is 11.7. The standard InChI is InChI=1S/C15H21N5O3/c16-13(21)12(14(17)22)19-15(23)18-8-10-6-7-20(9-10)11-4-2-1-3-5-11/h1-5,10,12H,6-9H2,(H2,16,21)(H2,17,22)(H2,18,19,23)/t10-/m0/s1. The van der Waals surface area contributed by atoms with Crippen LogP contribution in [0.1, 0.15) is 6.42 Å². The summed E-state index contributed by atoms with van der Waals surface area (Å²) >= 11 is 0. The molecule has 1 aliphatic heterocycles. The largest absolute Gasteiger partial charge is 0.371 e. The molecule has 0 aromatic heterocycles. The molecule has 0 saturated carbocycles. The van der Waals surface area contributed by atoms with Gasteiger partial charge in [0, 0.05) is 25.3 Å². The number of hydrogen-bond donors (Lipinski definition) is 4. The van der Waals surface area contributed by atoms with E-state index in [1.807, 2.05) is 30.3 Å². The second-order valence-corrected chi connectivity index (χ2v) is 5.53. The minimum absolute atomic E-state index is 0.293. The minimum Gasteiger partial charge on any atom is -0.371 e. The van der Waals surface area contributed by atoms with E-state index in [-0.39, 0.29) is 0 Å². The fourth-order valence-corrected chi connectivity index (χ4v) is 2.57. The highest BCUT2D eigenvalue weighted by Gasteiger charge is 2.26. The molecule has 8 heteroatoms. The molecule has 6 N–H and O–H groups in total. The van der Waals surface area contributed by atoms with Gasteiger partial charge in [-0.15, -0.1) is 0 Å². The lowest BCUT2D eigenvalue weighted by atomic mass is 10.1. The number of hydrogen-bond acceptors (Lipinski definition) is 4. The van der Waals surface area contributed by atoms with Crippen molar-refractivity contribution >= 4 is 23.5 Å². The van der Waals surface area contributed by atoms with E-state index in [2.05, 4.69) is 15.5 Å². The quantitative estimate of drug-likeness (QED) is 0.509. The van der Waals surface area contributed by atoms with Crippen molar-refractivity contribution in [2.45, 2.75) is 12.5 Å². The molecule has 1 heterocycles. The van der Waals surface area contributed by atoms with Gasteiger partial charge in [-0.3, -0.25) is 9.59 Å². The van der Waals surface area contributed by atoms with E-state index < -0.39 is 23.9 Å². The summed E-state index contributed by atoms with van der Waals surface area (Å²) in [4.78, 5) is 36.0. The van der Waals surface area contributed by atoms with E-state index >= 15 is 0 Å². The molecule has 1 fully saturated rings. The number of carbonyl (C=O) groups excluding carboxylic acids is 3. The number of primary amides is 2. The summed E-state index contributed by atoms with van der Waals surface area (Å²) < 4.78 is 0. The summed E-state index contributed by atoms with van der Waals surface area (Å²) in [7, 11) is 0. The van der Waals surface area contributed by atoms with Crippen LogP contribution in [0, 0.1) is 5.92 Å². The van der Waals surface area contributed by atoms with Gasteiger partial charge in [-0.2, -0.15) is 0 Å². The zero-order valence-electron chi connectivity index (χ0n) is 12.7. The molecule has 0 unspecified atom stereocenters. The smallest absolute Gasteiger partial charge is 0.315 e. The highest BCUT2D eigenvalue weighted by atomic mass is 16.2. The van der Waals surface area contributed by atoms with Crippen LogP contribution >= 0.6 is 0 Å². The van der Waals surface area contributed by atoms with Crippen LogP contribution in [0.4, 0.5) is 10.5 Å². The number of nitrogens with one attached hydrogen (secondary N) is 2. The van der Waals surface area contributed by atoms with Crippen LogP contribution in [-0.4, -0.2) is 43.5 Å². The van der Waals surface area contributed by atoms with Crippen LogP contribution < -0.4 is 27.0 Å². The summed E-state index contributed by atoms with van der Waals surface area (Å²) in [6.07, 6.45) is 0.949. The number of urea groups is 1. The van der Waals surface area contributed by atoms with Gasteiger partial charge in [0.1, 0.15) is 0 Å². The lowest BCUT2D eigenvalue weighted by molar-refractivity contribution is -0.128. The van der Waals surface area contributed by atoms with Crippen molar-refractivity contribution in [1.82, 2.24) is 10.6 Å². The molecule has 0 spiro atoms. The Bertz CT molecular complexity index is 564. The molecule has 1 aliphatic rings. The van der Waals surface area contributed by atoms with Crippen molar-refractivity contribution in [3.05, 3.63) is 30.3 Å². The summed E-state index contributed by atoms with van der Waals surface area (Å²) in [5, 5.41) is 4.81. The van der Waals surface area contributed by atoms with Crippen LogP contribution in [0.3, 0.4) is 0 Å². The second-order valence-electron chi connectivity index (χ2n) is 5.53. The lowest BCUT2D eigenvalue weighted by Gasteiger charge is -2.19. The molecule has 1 saturated heterocycles. The Kier molecular flexibility index (Phi) is 5.40. The van der Waals surface area contributed by atoms with E-state index in [4.69, 9.17) is 11.5 Å². The SMILES string of the molecule is NC(=O)C(NC(=O)NC[C@@H]1CCN(c2ccccc2)C1)C(N)=O. The molecule has 1 aromatic rings. The Morgan fingerprint density at radius 1 is 1.17 bits per heavy atom. The minimum atomic E-state index is -1.50. The molecule has 1 aromatic carbocycles. The molecule has 2 rings (SSSR count). The van der Waals surface area contributed by atoms with Crippen molar-refractivity contribution in [2.75, 3.05) is 24.5 Å². The van der Waals surface area contributed by atoms with Crippen LogP contribution in [0.25, 0.3) is 0 Å². The van der Waals surface area contributed by atoms with E-state index in [1.165, 1.54) is 0 Å². The van der Waals surface area contributed by atoms with Gasteiger partial charge in [-0.25, -0.2) is 4.79 Å². The Hall–Kier alpha value is -2.77. The fraction of sp³-hybridized carbons (Fsp3) is 0.400. The summed E-state index contributed by atoms with van der Waals surface area (Å²) in [6.45, 7) is 2.20. The van der Waals surface area contributed by atoms with Gasteiger partial charge >= 0.3 is 6.03 Å². The Morgan fingerprint density at radius 2 is 1.83 bits per heavy atom. The first kappa shape index (κ1) is 16.6. The predicted molar refractivity (Wildman–Crippen MR) is 85.5 cm³/mol. The highest BCUT2D eigenvalue weighted by molar-refractivity contribution is 6.05. The van der Waals surface area contributed by atoms with Crippen molar-refractivity contribution in [3.63, 3.8) is 0 Å². The molecule has 4 amide bonds. The number of rotatable bonds is 6. The maximum Gasteiger partial charge on any atom is 0.315 e. The van der Waals surface area contributed by atoms with Crippen molar-refractivity contribution < 1.29 is 14.4 Å². The van der Waals surface area contributed by atoms with Gasteiger partial charge in [0.05, 0.1) is 0 Å². The molecule has 0 bridgehead atoms. The molecular weight excluding hydrogens is 298 g/mol. The third-order valence-corrected chi connectivity index (χ3v) is 3.80. The average Bonchev–Trinajstić information content (AvgIpc) is 3.00. The molecule has 23 heavy (non-hydrogen) atoms.